The Morgan fingerprint density at radius 3 is 2.78 bits per heavy atom. The van der Waals surface area contributed by atoms with Gasteiger partial charge in [0.1, 0.15) is 5.69 Å². The van der Waals surface area contributed by atoms with Crippen molar-refractivity contribution in [2.45, 2.75) is 39.2 Å². The van der Waals surface area contributed by atoms with Gasteiger partial charge in [0.25, 0.3) is 5.69 Å². The lowest BCUT2D eigenvalue weighted by atomic mass is 9.92. The Morgan fingerprint density at radius 2 is 2.22 bits per heavy atom. The number of nitro benzene ring substituents is 1. The fraction of sp³-hybridized carbons (Fsp3) is 0.538. The second kappa shape index (κ2) is 4.88. The van der Waals surface area contributed by atoms with E-state index in [9.17, 15) is 10.1 Å². The van der Waals surface area contributed by atoms with Gasteiger partial charge in [0, 0.05) is 16.6 Å². The van der Waals surface area contributed by atoms with Crippen molar-refractivity contribution < 1.29 is 4.92 Å². The summed E-state index contributed by atoms with van der Waals surface area (Å²) in [6, 6.07) is 5.34. The lowest BCUT2D eigenvalue weighted by Crippen LogP contribution is -2.18. The standard InChI is InChI=1S/C13H17BrN2O2/c1-13(2)6-5-10(8-13)15-11-7-9(14)3-4-12(11)16(17)18/h3-4,7,10,15H,5-6,8H2,1-2H3. The Morgan fingerprint density at radius 1 is 1.50 bits per heavy atom. The van der Waals surface area contributed by atoms with Crippen molar-refractivity contribution in [3.63, 3.8) is 0 Å². The molecule has 0 aliphatic heterocycles. The van der Waals surface area contributed by atoms with Crippen molar-refractivity contribution in [1.29, 1.82) is 0 Å². The van der Waals surface area contributed by atoms with Gasteiger partial charge in [0.05, 0.1) is 4.92 Å². The predicted octanol–water partition coefficient (Wildman–Crippen LogP) is 4.35. The van der Waals surface area contributed by atoms with E-state index in [0.717, 1.165) is 23.7 Å². The van der Waals surface area contributed by atoms with Crippen LogP contribution in [0.5, 0.6) is 0 Å². The summed E-state index contributed by atoms with van der Waals surface area (Å²) in [5.74, 6) is 0. The molecule has 98 valence electrons. The number of hydrogen-bond acceptors (Lipinski definition) is 3. The molecule has 18 heavy (non-hydrogen) atoms. The number of hydrogen-bond donors (Lipinski definition) is 1. The van der Waals surface area contributed by atoms with Crippen LogP contribution in [0.15, 0.2) is 22.7 Å². The summed E-state index contributed by atoms with van der Waals surface area (Å²) in [5, 5.41) is 14.3. The van der Waals surface area contributed by atoms with Crippen molar-refractivity contribution in [2.75, 3.05) is 5.32 Å². The predicted molar refractivity (Wildman–Crippen MR) is 75.8 cm³/mol. The van der Waals surface area contributed by atoms with E-state index in [1.54, 1.807) is 12.1 Å². The number of nitrogens with zero attached hydrogens (tertiary/aromatic N) is 1. The molecule has 1 fully saturated rings. The van der Waals surface area contributed by atoms with Crippen LogP contribution in [0.3, 0.4) is 0 Å². The molecule has 1 saturated carbocycles. The van der Waals surface area contributed by atoms with Crippen LogP contribution in [0.4, 0.5) is 11.4 Å². The molecule has 1 unspecified atom stereocenters. The second-order valence-corrected chi connectivity index (χ2v) is 6.58. The highest BCUT2D eigenvalue weighted by Gasteiger charge is 2.31. The van der Waals surface area contributed by atoms with Gasteiger partial charge in [0.15, 0.2) is 0 Å². The molecule has 0 heterocycles. The third kappa shape index (κ3) is 3.02. The van der Waals surface area contributed by atoms with Gasteiger partial charge >= 0.3 is 0 Å². The van der Waals surface area contributed by atoms with Gasteiger partial charge in [0.2, 0.25) is 0 Å². The minimum Gasteiger partial charge on any atom is -0.377 e. The van der Waals surface area contributed by atoms with Crippen molar-refractivity contribution in [3.05, 3.63) is 32.8 Å². The van der Waals surface area contributed by atoms with Gasteiger partial charge < -0.3 is 5.32 Å². The van der Waals surface area contributed by atoms with Gasteiger partial charge in [-0.2, -0.15) is 0 Å². The zero-order valence-electron chi connectivity index (χ0n) is 10.6. The molecule has 0 aromatic heterocycles. The monoisotopic (exact) mass is 312 g/mol. The molecule has 0 spiro atoms. The summed E-state index contributed by atoms with van der Waals surface area (Å²) in [7, 11) is 0. The Balaban J connectivity index is 2.18. The normalized spacial score (nSPS) is 21.8. The Bertz CT molecular complexity index is 474. The van der Waals surface area contributed by atoms with E-state index in [1.807, 2.05) is 0 Å². The third-order valence-electron chi connectivity index (χ3n) is 3.48. The smallest absolute Gasteiger partial charge is 0.292 e. The Hall–Kier alpha value is -1.10. The molecule has 1 N–H and O–H groups in total. The van der Waals surface area contributed by atoms with Crippen LogP contribution in [0.1, 0.15) is 33.1 Å². The SMILES string of the molecule is CC1(C)CCC(Nc2cc(Br)ccc2[N+](=O)[O-])C1. The van der Waals surface area contributed by atoms with E-state index in [1.165, 1.54) is 6.07 Å². The van der Waals surface area contributed by atoms with Crippen LogP contribution in [0.25, 0.3) is 0 Å². The van der Waals surface area contributed by atoms with Crippen LogP contribution < -0.4 is 5.32 Å². The molecular formula is C13H17BrN2O2. The highest BCUT2D eigenvalue weighted by Crippen LogP contribution is 2.39. The Labute approximate surface area is 115 Å². The van der Waals surface area contributed by atoms with E-state index < -0.39 is 0 Å². The average Bonchev–Trinajstić information content (AvgIpc) is 2.57. The third-order valence-corrected chi connectivity index (χ3v) is 3.98. The first-order chi connectivity index (χ1) is 8.37. The molecule has 5 heteroatoms. The molecular weight excluding hydrogens is 296 g/mol. The van der Waals surface area contributed by atoms with Crippen molar-refractivity contribution >= 4 is 27.3 Å². The van der Waals surface area contributed by atoms with E-state index in [4.69, 9.17) is 0 Å². The van der Waals surface area contributed by atoms with Crippen LogP contribution in [0.2, 0.25) is 0 Å². The van der Waals surface area contributed by atoms with Crippen molar-refractivity contribution in [3.8, 4) is 0 Å². The minimum absolute atomic E-state index is 0.142. The summed E-state index contributed by atoms with van der Waals surface area (Å²) in [4.78, 5) is 10.6. The summed E-state index contributed by atoms with van der Waals surface area (Å²) < 4.78 is 0.854. The molecule has 4 nitrogen and oxygen atoms in total. The van der Waals surface area contributed by atoms with E-state index in [-0.39, 0.29) is 10.6 Å². The molecule has 0 radical (unpaired) electrons. The molecule has 1 aliphatic rings. The van der Waals surface area contributed by atoms with Crippen LogP contribution in [0, 0.1) is 15.5 Å². The number of anilines is 1. The van der Waals surface area contributed by atoms with E-state index >= 15 is 0 Å². The van der Waals surface area contributed by atoms with E-state index in [2.05, 4.69) is 35.1 Å². The van der Waals surface area contributed by atoms with E-state index in [0.29, 0.717) is 17.1 Å². The number of nitro groups is 1. The molecule has 1 aromatic rings. The molecule has 0 saturated heterocycles. The lowest BCUT2D eigenvalue weighted by molar-refractivity contribution is -0.384. The maximum atomic E-state index is 11.0. The molecule has 1 atom stereocenters. The summed E-state index contributed by atoms with van der Waals surface area (Å²) in [6.07, 6.45) is 3.28. The average molecular weight is 313 g/mol. The quantitative estimate of drug-likeness (QED) is 0.667. The molecule has 0 bridgehead atoms. The lowest BCUT2D eigenvalue weighted by Gasteiger charge is -2.18. The highest BCUT2D eigenvalue weighted by molar-refractivity contribution is 9.10. The minimum atomic E-state index is -0.338. The van der Waals surface area contributed by atoms with Gasteiger partial charge in [-0.1, -0.05) is 29.8 Å². The zero-order chi connectivity index (χ0) is 13.3. The van der Waals surface area contributed by atoms with Crippen LogP contribution in [-0.4, -0.2) is 11.0 Å². The number of rotatable bonds is 3. The van der Waals surface area contributed by atoms with Crippen LogP contribution in [-0.2, 0) is 0 Å². The fourth-order valence-electron chi connectivity index (χ4n) is 2.56. The zero-order valence-corrected chi connectivity index (χ0v) is 12.2. The van der Waals surface area contributed by atoms with Gasteiger partial charge in [-0.05, 0) is 36.8 Å². The van der Waals surface area contributed by atoms with Crippen molar-refractivity contribution in [1.82, 2.24) is 0 Å². The first kappa shape index (κ1) is 13.3. The molecule has 1 aliphatic carbocycles. The number of halogens is 1. The number of nitrogens with one attached hydrogen (secondary N) is 1. The van der Waals surface area contributed by atoms with Gasteiger partial charge in [-0.3, -0.25) is 10.1 Å². The Kier molecular flexibility index (Phi) is 3.61. The summed E-state index contributed by atoms with van der Waals surface area (Å²) >= 11 is 3.35. The topological polar surface area (TPSA) is 55.2 Å². The first-order valence-electron chi connectivity index (χ1n) is 6.08. The fourth-order valence-corrected chi connectivity index (χ4v) is 2.92. The van der Waals surface area contributed by atoms with Gasteiger partial charge in [-0.15, -0.1) is 0 Å². The number of benzene rings is 1. The highest BCUT2D eigenvalue weighted by atomic mass is 79.9. The molecule has 0 amide bonds. The molecule has 1 aromatic carbocycles. The first-order valence-corrected chi connectivity index (χ1v) is 6.87. The maximum Gasteiger partial charge on any atom is 0.292 e. The van der Waals surface area contributed by atoms with Crippen LogP contribution >= 0.6 is 15.9 Å². The molecule has 2 rings (SSSR count). The maximum absolute atomic E-state index is 11.0. The summed E-state index contributed by atoms with van der Waals surface area (Å²) in [5.41, 5.74) is 1.08. The van der Waals surface area contributed by atoms with Gasteiger partial charge in [-0.25, -0.2) is 0 Å². The summed E-state index contributed by atoms with van der Waals surface area (Å²) in [6.45, 7) is 4.48. The second-order valence-electron chi connectivity index (χ2n) is 5.67. The largest absolute Gasteiger partial charge is 0.377 e. The van der Waals surface area contributed by atoms with Crippen molar-refractivity contribution in [2.24, 2.45) is 5.41 Å².